The second-order valence-corrected chi connectivity index (χ2v) is 8.10. The molecule has 9 heteroatoms. The maximum absolute atomic E-state index is 12.6. The Morgan fingerprint density at radius 2 is 1.71 bits per heavy atom. The van der Waals surface area contributed by atoms with Crippen LogP contribution in [0.4, 0.5) is 4.79 Å². The molecule has 0 spiro atoms. The first-order chi connectivity index (χ1) is 16.4. The van der Waals surface area contributed by atoms with E-state index >= 15 is 0 Å². The van der Waals surface area contributed by atoms with E-state index in [1.54, 1.807) is 6.92 Å². The van der Waals surface area contributed by atoms with Gasteiger partial charge in [-0.1, -0.05) is 55.5 Å². The number of aryl methyl sites for hydroxylation is 1. The summed E-state index contributed by atoms with van der Waals surface area (Å²) in [4.78, 5) is 36.2. The largest absolute Gasteiger partial charge is 0.477 e. The molecule has 0 fully saturated rings. The predicted molar refractivity (Wildman–Crippen MR) is 124 cm³/mol. The molecule has 0 aliphatic heterocycles. The molecule has 4 rings (SSSR count). The number of alkyl carbamates (subject to hydrolysis) is 1. The summed E-state index contributed by atoms with van der Waals surface area (Å²) in [5, 5.41) is 18.5. The van der Waals surface area contributed by atoms with Crippen LogP contribution in [0.5, 0.6) is 0 Å². The average molecular weight is 463 g/mol. The molecule has 3 aromatic rings. The first kappa shape index (κ1) is 23.0. The summed E-state index contributed by atoms with van der Waals surface area (Å²) in [5.74, 6) is -1.57. The van der Waals surface area contributed by atoms with Gasteiger partial charge in [0.05, 0.1) is 12.2 Å². The molecule has 3 N–H and O–H groups in total. The number of carboxylic acid groups (broad SMARTS) is 1. The van der Waals surface area contributed by atoms with Crippen LogP contribution in [0, 0.1) is 0 Å². The van der Waals surface area contributed by atoms with Crippen LogP contribution >= 0.6 is 0 Å². The maximum Gasteiger partial charge on any atom is 0.407 e. The van der Waals surface area contributed by atoms with Crippen LogP contribution in [0.15, 0.2) is 54.6 Å². The highest BCUT2D eigenvalue weighted by atomic mass is 16.5. The maximum atomic E-state index is 12.6. The Morgan fingerprint density at radius 3 is 2.26 bits per heavy atom. The molecule has 0 bridgehead atoms. The number of rotatable bonds is 8. The number of carbonyl (C=O) groups is 3. The number of carboxylic acids is 1. The Hall–Kier alpha value is -4.14. The number of benzene rings is 2. The molecule has 0 unspecified atom stereocenters. The fourth-order valence-electron chi connectivity index (χ4n) is 4.25. The lowest BCUT2D eigenvalue weighted by molar-refractivity contribution is -0.123. The molecular weight excluding hydrogens is 436 g/mol. The van der Waals surface area contributed by atoms with E-state index in [4.69, 9.17) is 9.84 Å². The standard InChI is InChI=1S/C25H26N4O5/c1-3-21(23(30)26-13-15-12-22(24(31)32)29(2)28-15)27-25(33)34-14-20-18-10-6-4-8-16(18)17-9-5-7-11-19(17)20/h4-12,20-21H,3,13-14H2,1-2H3,(H,26,30)(H,27,33)(H,31,32)/t21-/m1/s1. The number of amides is 2. The summed E-state index contributed by atoms with van der Waals surface area (Å²) in [7, 11) is 1.52. The van der Waals surface area contributed by atoms with Crippen LogP contribution in [0.3, 0.4) is 0 Å². The molecule has 1 aromatic heterocycles. The summed E-state index contributed by atoms with van der Waals surface area (Å²) in [6.45, 7) is 1.98. The van der Waals surface area contributed by atoms with Crippen LogP contribution in [-0.2, 0) is 23.1 Å². The zero-order chi connectivity index (χ0) is 24.2. The number of fused-ring (bicyclic) bond motifs is 3. The lowest BCUT2D eigenvalue weighted by atomic mass is 9.98. The van der Waals surface area contributed by atoms with Crippen molar-refractivity contribution < 1.29 is 24.2 Å². The summed E-state index contributed by atoms with van der Waals surface area (Å²) in [6, 6.07) is 16.7. The Kier molecular flexibility index (Phi) is 6.62. The average Bonchev–Trinajstić information content (AvgIpc) is 3.37. The van der Waals surface area contributed by atoms with Crippen LogP contribution in [-0.4, -0.2) is 45.5 Å². The topological polar surface area (TPSA) is 123 Å². The third-order valence-corrected chi connectivity index (χ3v) is 5.95. The summed E-state index contributed by atoms with van der Waals surface area (Å²) < 4.78 is 6.75. The van der Waals surface area contributed by atoms with E-state index in [2.05, 4.69) is 27.9 Å². The number of ether oxygens (including phenoxy) is 1. The van der Waals surface area contributed by atoms with Gasteiger partial charge in [-0.3, -0.25) is 9.48 Å². The highest BCUT2D eigenvalue weighted by molar-refractivity contribution is 5.86. The number of aromatic nitrogens is 2. The van der Waals surface area contributed by atoms with Crippen LogP contribution in [0.25, 0.3) is 11.1 Å². The van der Waals surface area contributed by atoms with Gasteiger partial charge in [-0.2, -0.15) is 5.10 Å². The number of nitrogens with zero attached hydrogens (tertiary/aromatic N) is 2. The van der Waals surface area contributed by atoms with Gasteiger partial charge in [0.25, 0.3) is 0 Å². The predicted octanol–water partition coefficient (Wildman–Crippen LogP) is 3.05. The van der Waals surface area contributed by atoms with Crippen molar-refractivity contribution >= 4 is 18.0 Å². The van der Waals surface area contributed by atoms with Gasteiger partial charge in [-0.15, -0.1) is 0 Å². The molecule has 0 saturated carbocycles. The van der Waals surface area contributed by atoms with Crippen molar-refractivity contribution in [1.29, 1.82) is 0 Å². The molecule has 1 aliphatic rings. The molecule has 34 heavy (non-hydrogen) atoms. The number of hydrogen-bond donors (Lipinski definition) is 3. The SMILES string of the molecule is CC[C@@H](NC(=O)OCC1c2ccccc2-c2ccccc21)C(=O)NCc1cc(C(=O)O)n(C)n1. The van der Waals surface area contributed by atoms with E-state index in [1.807, 2.05) is 36.4 Å². The van der Waals surface area contributed by atoms with E-state index in [-0.39, 0.29) is 24.8 Å². The number of aromatic carboxylic acids is 1. The summed E-state index contributed by atoms with van der Waals surface area (Å²) >= 11 is 0. The third-order valence-electron chi connectivity index (χ3n) is 5.95. The van der Waals surface area contributed by atoms with Gasteiger partial charge in [-0.25, -0.2) is 9.59 Å². The van der Waals surface area contributed by atoms with Gasteiger partial charge in [0.15, 0.2) is 0 Å². The Morgan fingerprint density at radius 1 is 1.09 bits per heavy atom. The van der Waals surface area contributed by atoms with Crippen LogP contribution in [0.2, 0.25) is 0 Å². The Balaban J connectivity index is 1.33. The van der Waals surface area contributed by atoms with Crippen LogP contribution in [0.1, 0.15) is 46.6 Å². The Bertz CT molecular complexity index is 1190. The van der Waals surface area contributed by atoms with Crippen molar-refractivity contribution in [2.24, 2.45) is 7.05 Å². The third kappa shape index (κ3) is 4.63. The second kappa shape index (κ2) is 9.78. The van der Waals surface area contributed by atoms with Gasteiger partial charge in [0.1, 0.15) is 18.3 Å². The van der Waals surface area contributed by atoms with Crippen LogP contribution < -0.4 is 10.6 Å². The normalized spacial score (nSPS) is 13.0. The molecule has 0 radical (unpaired) electrons. The van der Waals surface area contributed by atoms with Gasteiger partial charge >= 0.3 is 12.1 Å². The van der Waals surface area contributed by atoms with E-state index in [1.165, 1.54) is 17.8 Å². The van der Waals surface area contributed by atoms with E-state index in [0.717, 1.165) is 22.3 Å². The van der Waals surface area contributed by atoms with Gasteiger partial charge in [-0.05, 0) is 34.7 Å². The molecular formula is C25H26N4O5. The second-order valence-electron chi connectivity index (χ2n) is 8.10. The minimum Gasteiger partial charge on any atom is -0.477 e. The summed E-state index contributed by atoms with van der Waals surface area (Å²) in [5.41, 5.74) is 4.92. The quantitative estimate of drug-likeness (QED) is 0.473. The van der Waals surface area contributed by atoms with Gasteiger partial charge in [0, 0.05) is 13.0 Å². The molecule has 0 saturated heterocycles. The van der Waals surface area contributed by atoms with Gasteiger partial charge < -0.3 is 20.5 Å². The smallest absolute Gasteiger partial charge is 0.407 e. The van der Waals surface area contributed by atoms with Crippen molar-refractivity contribution in [1.82, 2.24) is 20.4 Å². The molecule has 9 nitrogen and oxygen atoms in total. The van der Waals surface area contributed by atoms with Crippen molar-refractivity contribution in [3.05, 3.63) is 77.1 Å². The van der Waals surface area contributed by atoms with Gasteiger partial charge in [0.2, 0.25) is 5.91 Å². The highest BCUT2D eigenvalue weighted by Gasteiger charge is 2.29. The minimum absolute atomic E-state index is 0.0213. The van der Waals surface area contributed by atoms with Crippen molar-refractivity contribution in [2.45, 2.75) is 31.8 Å². The zero-order valence-electron chi connectivity index (χ0n) is 18.9. The summed E-state index contributed by atoms with van der Waals surface area (Å²) in [6.07, 6.45) is -0.312. The first-order valence-corrected chi connectivity index (χ1v) is 11.0. The lowest BCUT2D eigenvalue weighted by Crippen LogP contribution is -2.46. The molecule has 1 aliphatic carbocycles. The molecule has 1 heterocycles. The van der Waals surface area contributed by atoms with Crippen molar-refractivity contribution in [3.8, 4) is 11.1 Å². The van der Waals surface area contributed by atoms with E-state index in [0.29, 0.717) is 12.1 Å². The lowest BCUT2D eigenvalue weighted by Gasteiger charge is -2.18. The van der Waals surface area contributed by atoms with Crippen molar-refractivity contribution in [2.75, 3.05) is 6.61 Å². The monoisotopic (exact) mass is 462 g/mol. The van der Waals surface area contributed by atoms with E-state index in [9.17, 15) is 14.4 Å². The first-order valence-electron chi connectivity index (χ1n) is 11.0. The Labute approximate surface area is 196 Å². The molecule has 2 aromatic carbocycles. The fourth-order valence-corrected chi connectivity index (χ4v) is 4.25. The molecule has 176 valence electrons. The van der Waals surface area contributed by atoms with Crippen molar-refractivity contribution in [3.63, 3.8) is 0 Å². The number of hydrogen-bond acceptors (Lipinski definition) is 5. The fraction of sp³-hybridized carbons (Fsp3) is 0.280. The van der Waals surface area contributed by atoms with E-state index < -0.39 is 24.0 Å². The molecule has 1 atom stereocenters. The number of carbonyl (C=O) groups excluding carboxylic acids is 2. The molecule has 2 amide bonds. The highest BCUT2D eigenvalue weighted by Crippen LogP contribution is 2.44. The minimum atomic E-state index is -1.10. The number of nitrogens with one attached hydrogen (secondary N) is 2. The zero-order valence-corrected chi connectivity index (χ0v) is 18.9.